The number of nitrogens with one attached hydrogen (secondary N) is 2. The maximum Gasteiger partial charge on any atom is 0.407 e. The van der Waals surface area contributed by atoms with Crippen LogP contribution in [0.3, 0.4) is 0 Å². The van der Waals surface area contributed by atoms with Crippen LogP contribution in [0.2, 0.25) is 0 Å². The Morgan fingerprint density at radius 3 is 1.90 bits per heavy atom. The van der Waals surface area contributed by atoms with Crippen LogP contribution >= 0.6 is 0 Å². The lowest BCUT2D eigenvalue weighted by Gasteiger charge is -2.40. The van der Waals surface area contributed by atoms with Crippen molar-refractivity contribution in [3.63, 3.8) is 0 Å². The summed E-state index contributed by atoms with van der Waals surface area (Å²) in [5.41, 5.74) is 4.78. The maximum absolute atomic E-state index is 13.8. The first-order chi connectivity index (χ1) is 18.8. The molecule has 12 nitrogen and oxygen atoms in total. The highest BCUT2D eigenvalue weighted by Crippen LogP contribution is 2.23. The molecule has 0 saturated heterocycles. The molecule has 5 amide bonds. The van der Waals surface area contributed by atoms with Crippen LogP contribution in [0, 0.1) is 17.8 Å². The largest absolute Gasteiger partial charge is 0.444 e. The quantitative estimate of drug-likeness (QED) is 0.250. The summed E-state index contributed by atoms with van der Waals surface area (Å²) in [6, 6.07) is -2.19. The van der Waals surface area contributed by atoms with E-state index in [0.717, 1.165) is 6.42 Å². The van der Waals surface area contributed by atoms with E-state index in [1.165, 1.54) is 24.0 Å². The van der Waals surface area contributed by atoms with E-state index in [1.54, 1.807) is 27.8 Å². The van der Waals surface area contributed by atoms with Crippen molar-refractivity contribution >= 4 is 29.7 Å². The molecule has 0 unspecified atom stereocenters. The normalized spacial score (nSPS) is 15.4. The minimum absolute atomic E-state index is 0.0155. The summed E-state index contributed by atoms with van der Waals surface area (Å²) >= 11 is 0. The van der Waals surface area contributed by atoms with Crippen LogP contribution in [0.5, 0.6) is 0 Å². The molecule has 0 aromatic rings. The molecule has 238 valence electrons. The van der Waals surface area contributed by atoms with Crippen LogP contribution in [0.4, 0.5) is 4.79 Å². The Morgan fingerprint density at radius 2 is 1.49 bits per heavy atom. The standard InChI is InChI=1S/C29H55N5O7/c1-13-19(6)25(20(40-12)16-21(30)35)34(11)27(38)23(17(2)3)32-26(37)24(18(4)5)33(10)22(36)14-15-31-28(39)41-29(7,8)9/h17-20,23-25H,13-16H2,1-12H3,(H2,30,35)(H,31,39)(H,32,37)/t19-,20+,23-,24-,25-/m0/s1. The Kier molecular flexibility index (Phi) is 15.9. The lowest BCUT2D eigenvalue weighted by atomic mass is 9.89. The Bertz CT molecular complexity index is 887. The Labute approximate surface area is 246 Å². The highest BCUT2D eigenvalue weighted by atomic mass is 16.6. The number of carbonyl (C=O) groups excluding carboxylic acids is 5. The Balaban J connectivity index is 5.76. The van der Waals surface area contributed by atoms with Gasteiger partial charge in [-0.25, -0.2) is 4.79 Å². The molecule has 41 heavy (non-hydrogen) atoms. The van der Waals surface area contributed by atoms with Gasteiger partial charge in [0.25, 0.3) is 0 Å². The lowest BCUT2D eigenvalue weighted by Crippen LogP contribution is -2.60. The van der Waals surface area contributed by atoms with Crippen molar-refractivity contribution in [3.05, 3.63) is 0 Å². The predicted octanol–water partition coefficient (Wildman–Crippen LogP) is 2.29. The van der Waals surface area contributed by atoms with Gasteiger partial charge in [0, 0.05) is 34.2 Å². The molecule has 0 bridgehead atoms. The number of nitrogens with two attached hydrogens (primary N) is 1. The second-order valence-electron chi connectivity index (χ2n) is 12.4. The molecule has 0 aliphatic heterocycles. The molecule has 0 aliphatic carbocycles. The molecule has 0 fully saturated rings. The van der Waals surface area contributed by atoms with Crippen molar-refractivity contribution in [1.29, 1.82) is 0 Å². The summed E-state index contributed by atoms with van der Waals surface area (Å²) in [5.74, 6) is -2.21. The number of hydrogen-bond donors (Lipinski definition) is 3. The summed E-state index contributed by atoms with van der Waals surface area (Å²) in [7, 11) is 4.65. The summed E-state index contributed by atoms with van der Waals surface area (Å²) in [6.45, 7) is 16.5. The van der Waals surface area contributed by atoms with Crippen molar-refractivity contribution in [1.82, 2.24) is 20.4 Å². The van der Waals surface area contributed by atoms with Gasteiger partial charge >= 0.3 is 6.09 Å². The number of methoxy groups -OCH3 is 1. The Hall–Kier alpha value is -2.89. The average molecular weight is 586 g/mol. The summed E-state index contributed by atoms with van der Waals surface area (Å²) in [4.78, 5) is 66.8. The van der Waals surface area contributed by atoms with Gasteiger partial charge in [0.05, 0.1) is 18.6 Å². The van der Waals surface area contributed by atoms with E-state index < -0.39 is 47.7 Å². The number of nitrogens with zero attached hydrogens (tertiary/aromatic N) is 2. The molecular weight excluding hydrogens is 530 g/mol. The van der Waals surface area contributed by atoms with E-state index in [1.807, 2.05) is 41.5 Å². The first kappa shape index (κ1) is 38.1. The summed E-state index contributed by atoms with van der Waals surface area (Å²) < 4.78 is 10.8. The number of carbonyl (C=O) groups is 5. The van der Waals surface area contributed by atoms with E-state index in [-0.39, 0.29) is 49.0 Å². The Morgan fingerprint density at radius 1 is 0.927 bits per heavy atom. The van der Waals surface area contributed by atoms with Gasteiger partial charge in [0.1, 0.15) is 17.7 Å². The molecule has 4 N–H and O–H groups in total. The molecule has 0 saturated carbocycles. The average Bonchev–Trinajstić information content (AvgIpc) is 2.84. The maximum atomic E-state index is 13.8. The van der Waals surface area contributed by atoms with Gasteiger partial charge in [-0.2, -0.15) is 0 Å². The van der Waals surface area contributed by atoms with Crippen molar-refractivity contribution in [2.75, 3.05) is 27.7 Å². The number of alkyl carbamates (subject to hydrolysis) is 1. The van der Waals surface area contributed by atoms with Gasteiger partial charge in [-0.3, -0.25) is 19.2 Å². The third kappa shape index (κ3) is 12.7. The summed E-state index contributed by atoms with van der Waals surface area (Å²) in [6.07, 6.45) is -0.592. The fourth-order valence-electron chi connectivity index (χ4n) is 4.74. The number of hydrogen-bond acceptors (Lipinski definition) is 7. The van der Waals surface area contributed by atoms with Crippen molar-refractivity contribution in [3.8, 4) is 0 Å². The molecule has 12 heteroatoms. The van der Waals surface area contributed by atoms with Crippen LogP contribution in [-0.2, 0) is 28.7 Å². The van der Waals surface area contributed by atoms with E-state index in [2.05, 4.69) is 10.6 Å². The highest BCUT2D eigenvalue weighted by molar-refractivity contribution is 5.92. The molecule has 0 spiro atoms. The molecule has 0 aliphatic rings. The van der Waals surface area contributed by atoms with Crippen molar-refractivity contribution in [2.45, 2.75) is 111 Å². The molecular formula is C29H55N5O7. The zero-order valence-electron chi connectivity index (χ0n) is 27.2. The fourth-order valence-corrected chi connectivity index (χ4v) is 4.74. The zero-order valence-corrected chi connectivity index (χ0v) is 27.2. The van der Waals surface area contributed by atoms with Gasteiger partial charge in [-0.1, -0.05) is 48.0 Å². The third-order valence-corrected chi connectivity index (χ3v) is 7.06. The molecule has 0 heterocycles. The predicted molar refractivity (Wildman–Crippen MR) is 158 cm³/mol. The number of ether oxygens (including phenoxy) is 2. The first-order valence-electron chi connectivity index (χ1n) is 14.4. The minimum Gasteiger partial charge on any atom is -0.444 e. The SMILES string of the molecule is CC[C@H](C)[C@@H]([C@@H](CC(N)=O)OC)N(C)C(=O)[C@@H](NC(=O)[C@H](C(C)C)N(C)C(=O)CCNC(=O)OC(C)(C)C)C(C)C. The monoisotopic (exact) mass is 585 g/mol. The van der Waals surface area contributed by atoms with Crippen molar-refractivity contribution < 1.29 is 33.4 Å². The van der Waals surface area contributed by atoms with Crippen LogP contribution in [0.1, 0.15) is 81.6 Å². The highest BCUT2D eigenvalue weighted by Gasteiger charge is 2.39. The van der Waals surface area contributed by atoms with Crippen LogP contribution in [0.15, 0.2) is 0 Å². The molecule has 0 aromatic carbocycles. The first-order valence-corrected chi connectivity index (χ1v) is 14.4. The number of primary amides is 1. The van der Waals surface area contributed by atoms with Gasteiger partial charge in [-0.15, -0.1) is 0 Å². The topological polar surface area (TPSA) is 160 Å². The number of likely N-dealkylation sites (N-methyl/N-ethyl adjacent to an activating group) is 2. The second-order valence-corrected chi connectivity index (χ2v) is 12.4. The van der Waals surface area contributed by atoms with E-state index >= 15 is 0 Å². The second kappa shape index (κ2) is 17.2. The van der Waals surface area contributed by atoms with E-state index in [4.69, 9.17) is 15.2 Å². The minimum atomic E-state index is -0.885. The third-order valence-electron chi connectivity index (χ3n) is 7.06. The van der Waals surface area contributed by atoms with Gasteiger partial charge < -0.3 is 35.6 Å². The van der Waals surface area contributed by atoms with Crippen LogP contribution < -0.4 is 16.4 Å². The number of amides is 5. The lowest BCUT2D eigenvalue weighted by molar-refractivity contribution is -0.146. The van der Waals surface area contributed by atoms with E-state index in [0.29, 0.717) is 0 Å². The van der Waals surface area contributed by atoms with Crippen LogP contribution in [-0.4, -0.2) is 97.1 Å². The molecule has 0 aromatic heterocycles. The fraction of sp³-hybridized carbons (Fsp3) is 0.828. The number of rotatable bonds is 16. The van der Waals surface area contributed by atoms with E-state index in [9.17, 15) is 24.0 Å². The smallest absolute Gasteiger partial charge is 0.407 e. The van der Waals surface area contributed by atoms with Crippen molar-refractivity contribution in [2.24, 2.45) is 23.5 Å². The van der Waals surface area contributed by atoms with Gasteiger partial charge in [0.2, 0.25) is 23.6 Å². The van der Waals surface area contributed by atoms with Gasteiger partial charge in [0.15, 0.2) is 0 Å². The molecule has 0 radical (unpaired) electrons. The molecule has 0 rings (SSSR count). The van der Waals surface area contributed by atoms with Crippen LogP contribution in [0.25, 0.3) is 0 Å². The molecule has 5 atom stereocenters. The zero-order chi connectivity index (χ0) is 32.2. The summed E-state index contributed by atoms with van der Waals surface area (Å²) in [5, 5.41) is 5.43. The van der Waals surface area contributed by atoms with Gasteiger partial charge in [-0.05, 0) is 38.5 Å².